The van der Waals surface area contributed by atoms with Gasteiger partial charge in [-0.15, -0.1) is 10.2 Å². The second-order valence-corrected chi connectivity index (χ2v) is 9.19. The van der Waals surface area contributed by atoms with Crippen molar-refractivity contribution >= 4 is 23.5 Å². The highest BCUT2D eigenvalue weighted by molar-refractivity contribution is 6.30. The molecular formula is C21H25ClN4O3. The van der Waals surface area contributed by atoms with Crippen molar-refractivity contribution in [2.45, 2.75) is 26.4 Å². The second kappa shape index (κ2) is 7.37. The Hall–Kier alpha value is -2.54. The topological polar surface area (TPSA) is 78.8 Å². The number of nitrogens with zero attached hydrogens (tertiary/aromatic N) is 4. The highest BCUT2D eigenvalue weighted by Crippen LogP contribution is 2.35. The van der Waals surface area contributed by atoms with E-state index in [9.17, 15) is 9.90 Å². The van der Waals surface area contributed by atoms with E-state index in [1.54, 1.807) is 12.1 Å². The number of rotatable bonds is 2. The number of aromatic nitrogens is 2. The minimum Gasteiger partial charge on any atom is -0.507 e. The monoisotopic (exact) mass is 416 g/mol. The van der Waals surface area contributed by atoms with Crippen LogP contribution >= 0.6 is 11.6 Å². The third kappa shape index (κ3) is 4.24. The molecule has 0 bridgehead atoms. The number of phenolic OH excluding ortho intramolecular Hbond substituents is 1. The van der Waals surface area contributed by atoms with Crippen LogP contribution in [-0.4, -0.2) is 58.1 Å². The molecule has 1 N–H and O–H groups in total. The van der Waals surface area contributed by atoms with Crippen molar-refractivity contribution in [3.8, 4) is 17.0 Å². The summed E-state index contributed by atoms with van der Waals surface area (Å²) in [4.78, 5) is 16.3. The van der Waals surface area contributed by atoms with Crippen LogP contribution in [0.1, 0.15) is 20.8 Å². The first-order chi connectivity index (χ1) is 13.7. The van der Waals surface area contributed by atoms with Crippen LogP contribution in [0.3, 0.4) is 0 Å². The molecule has 2 fully saturated rings. The fourth-order valence-electron chi connectivity index (χ4n) is 4.01. The van der Waals surface area contributed by atoms with Crippen molar-refractivity contribution in [1.82, 2.24) is 15.1 Å². The van der Waals surface area contributed by atoms with E-state index < -0.39 is 5.60 Å². The predicted octanol–water partition coefficient (Wildman–Crippen LogP) is 3.81. The summed E-state index contributed by atoms with van der Waals surface area (Å²) >= 11 is 5.89. The maximum absolute atomic E-state index is 12.3. The maximum atomic E-state index is 12.3. The van der Waals surface area contributed by atoms with Gasteiger partial charge in [-0.2, -0.15) is 0 Å². The van der Waals surface area contributed by atoms with E-state index in [0.717, 1.165) is 18.9 Å². The molecular weight excluding hydrogens is 392 g/mol. The lowest BCUT2D eigenvalue weighted by atomic mass is 10.0. The smallest absolute Gasteiger partial charge is 0.410 e. The van der Waals surface area contributed by atoms with Crippen molar-refractivity contribution < 1.29 is 14.6 Å². The number of halogens is 1. The lowest BCUT2D eigenvalue weighted by Gasteiger charge is -2.26. The molecule has 0 aliphatic carbocycles. The molecule has 29 heavy (non-hydrogen) atoms. The molecule has 2 atom stereocenters. The van der Waals surface area contributed by atoms with E-state index in [4.69, 9.17) is 16.3 Å². The van der Waals surface area contributed by atoms with Crippen LogP contribution in [0.15, 0.2) is 30.3 Å². The third-order valence-corrected chi connectivity index (χ3v) is 5.58. The quantitative estimate of drug-likeness (QED) is 0.802. The van der Waals surface area contributed by atoms with E-state index in [1.165, 1.54) is 6.07 Å². The van der Waals surface area contributed by atoms with Gasteiger partial charge in [-0.3, -0.25) is 0 Å². The van der Waals surface area contributed by atoms with Gasteiger partial charge in [-0.1, -0.05) is 11.6 Å². The van der Waals surface area contributed by atoms with Gasteiger partial charge in [-0.25, -0.2) is 4.79 Å². The Balaban J connectivity index is 1.39. The van der Waals surface area contributed by atoms with E-state index in [-0.39, 0.29) is 11.8 Å². The first-order valence-corrected chi connectivity index (χ1v) is 10.1. The summed E-state index contributed by atoms with van der Waals surface area (Å²) in [5.41, 5.74) is 0.717. The fourth-order valence-corrected chi connectivity index (χ4v) is 4.18. The van der Waals surface area contributed by atoms with Crippen LogP contribution in [-0.2, 0) is 4.74 Å². The largest absolute Gasteiger partial charge is 0.507 e. The molecule has 7 nitrogen and oxygen atoms in total. The molecule has 0 unspecified atom stereocenters. The molecule has 154 valence electrons. The number of fused-ring (bicyclic) bond motifs is 1. The lowest BCUT2D eigenvalue weighted by molar-refractivity contribution is 0.0282. The summed E-state index contributed by atoms with van der Waals surface area (Å²) in [6.45, 7) is 8.75. The number of hydrogen-bond donors (Lipinski definition) is 1. The van der Waals surface area contributed by atoms with Gasteiger partial charge in [0.1, 0.15) is 11.4 Å². The number of ether oxygens (including phenoxy) is 1. The molecule has 2 saturated heterocycles. The maximum Gasteiger partial charge on any atom is 0.410 e. The number of carbonyl (C=O) groups is 1. The minimum absolute atomic E-state index is 0.0810. The normalized spacial score (nSPS) is 21.4. The summed E-state index contributed by atoms with van der Waals surface area (Å²) in [7, 11) is 0. The van der Waals surface area contributed by atoms with Crippen molar-refractivity contribution in [3.63, 3.8) is 0 Å². The van der Waals surface area contributed by atoms with Gasteiger partial charge in [0.05, 0.1) is 5.69 Å². The Labute approximate surface area is 175 Å². The van der Waals surface area contributed by atoms with E-state index in [2.05, 4.69) is 15.1 Å². The van der Waals surface area contributed by atoms with E-state index >= 15 is 0 Å². The molecule has 1 amide bonds. The van der Waals surface area contributed by atoms with Crippen LogP contribution < -0.4 is 4.90 Å². The third-order valence-electron chi connectivity index (χ3n) is 5.35. The number of hydrogen-bond acceptors (Lipinski definition) is 6. The van der Waals surface area contributed by atoms with E-state index in [0.29, 0.717) is 41.2 Å². The SMILES string of the molecule is CC(C)(C)OC(=O)N1C[C@@H]2CN(c3ccc(-c4ccc(Cl)cc4O)nn3)C[C@@H]2C1. The van der Waals surface area contributed by atoms with Crippen molar-refractivity contribution in [3.05, 3.63) is 35.4 Å². The average molecular weight is 417 g/mol. The predicted molar refractivity (Wildman–Crippen MR) is 111 cm³/mol. The standard InChI is InChI=1S/C21H25ClN4O3/c1-21(2,3)29-20(28)26-11-13-9-25(10-14(13)12-26)19-7-6-17(23-24-19)16-5-4-15(22)8-18(16)27/h4-8,13-14,27H,9-12H2,1-3H3/t13-,14+. The average Bonchev–Trinajstić information content (AvgIpc) is 3.20. The number of aromatic hydroxyl groups is 1. The Bertz CT molecular complexity index is 899. The van der Waals surface area contributed by atoms with Gasteiger partial charge < -0.3 is 19.6 Å². The summed E-state index contributed by atoms with van der Waals surface area (Å²) < 4.78 is 5.49. The van der Waals surface area contributed by atoms with Gasteiger partial charge in [-0.05, 0) is 51.1 Å². The second-order valence-electron chi connectivity index (χ2n) is 8.75. The molecule has 4 rings (SSSR count). The molecule has 2 aliphatic heterocycles. The van der Waals surface area contributed by atoms with Crippen molar-refractivity contribution in [1.29, 1.82) is 0 Å². The number of carbonyl (C=O) groups excluding carboxylic acids is 1. The van der Waals surface area contributed by atoms with Crippen LogP contribution in [0.4, 0.5) is 10.6 Å². The summed E-state index contributed by atoms with van der Waals surface area (Å²) in [5, 5.41) is 19.2. The minimum atomic E-state index is -0.476. The molecule has 0 radical (unpaired) electrons. The first-order valence-electron chi connectivity index (χ1n) is 9.75. The lowest BCUT2D eigenvalue weighted by Crippen LogP contribution is -2.37. The van der Waals surface area contributed by atoms with Crippen LogP contribution in [0, 0.1) is 11.8 Å². The summed E-state index contributed by atoms with van der Waals surface area (Å²) in [6.07, 6.45) is -0.231. The van der Waals surface area contributed by atoms with Gasteiger partial charge in [0.15, 0.2) is 5.82 Å². The number of anilines is 1. The molecule has 1 aromatic carbocycles. The molecule has 2 aromatic rings. The van der Waals surface area contributed by atoms with Crippen LogP contribution in [0.25, 0.3) is 11.3 Å². The number of likely N-dealkylation sites (tertiary alicyclic amines) is 1. The Morgan fingerprint density at radius 2 is 1.79 bits per heavy atom. The molecule has 0 spiro atoms. The molecule has 3 heterocycles. The number of benzene rings is 1. The van der Waals surface area contributed by atoms with Crippen molar-refractivity contribution in [2.24, 2.45) is 11.8 Å². The Morgan fingerprint density at radius 1 is 1.10 bits per heavy atom. The van der Waals surface area contributed by atoms with Gasteiger partial charge >= 0.3 is 6.09 Å². The molecule has 2 aliphatic rings. The molecule has 1 aromatic heterocycles. The number of amides is 1. The summed E-state index contributed by atoms with van der Waals surface area (Å²) in [5.74, 6) is 1.70. The fraction of sp³-hybridized carbons (Fsp3) is 0.476. The van der Waals surface area contributed by atoms with Crippen molar-refractivity contribution in [2.75, 3.05) is 31.1 Å². The van der Waals surface area contributed by atoms with E-state index in [1.807, 2.05) is 37.8 Å². The Morgan fingerprint density at radius 3 is 2.34 bits per heavy atom. The first kappa shape index (κ1) is 19.8. The zero-order chi connectivity index (χ0) is 20.8. The van der Waals surface area contributed by atoms with Crippen LogP contribution in [0.2, 0.25) is 5.02 Å². The van der Waals surface area contributed by atoms with Gasteiger partial charge in [0, 0.05) is 48.6 Å². The molecule has 8 heteroatoms. The Kier molecular flexibility index (Phi) is 5.02. The highest BCUT2D eigenvalue weighted by Gasteiger charge is 2.43. The zero-order valence-corrected chi connectivity index (χ0v) is 17.6. The molecule has 0 saturated carbocycles. The zero-order valence-electron chi connectivity index (χ0n) is 16.8. The number of phenols is 1. The van der Waals surface area contributed by atoms with Gasteiger partial charge in [0.2, 0.25) is 0 Å². The summed E-state index contributed by atoms with van der Waals surface area (Å²) in [6, 6.07) is 8.71. The van der Waals surface area contributed by atoms with Crippen LogP contribution in [0.5, 0.6) is 5.75 Å². The van der Waals surface area contributed by atoms with Gasteiger partial charge in [0.25, 0.3) is 0 Å². The highest BCUT2D eigenvalue weighted by atomic mass is 35.5.